The Bertz CT molecular complexity index is 726. The summed E-state index contributed by atoms with van der Waals surface area (Å²) in [7, 11) is 0. The van der Waals surface area contributed by atoms with Gasteiger partial charge in [0.15, 0.2) is 0 Å². The van der Waals surface area contributed by atoms with Crippen molar-refractivity contribution in [2.45, 2.75) is 13.0 Å². The molecule has 0 spiro atoms. The molecule has 0 radical (unpaired) electrons. The van der Waals surface area contributed by atoms with Gasteiger partial charge in [0.05, 0.1) is 38.4 Å². The van der Waals surface area contributed by atoms with Crippen LogP contribution in [0, 0.1) is 17.1 Å². The predicted molar refractivity (Wildman–Crippen MR) is 84.6 cm³/mol. The third-order valence-corrected chi connectivity index (χ3v) is 4.31. The Morgan fingerprint density at radius 2 is 1.86 bits per heavy atom. The number of nitrogens with zero attached hydrogens (tertiary/aromatic N) is 1. The monoisotopic (exact) mass is 342 g/mol. The van der Waals surface area contributed by atoms with E-state index in [-0.39, 0.29) is 22.3 Å². The van der Waals surface area contributed by atoms with Crippen molar-refractivity contribution >= 4 is 40.5 Å². The smallest absolute Gasteiger partial charge is 0.147 e. The molecule has 2 aromatic rings. The zero-order chi connectivity index (χ0) is 15.6. The van der Waals surface area contributed by atoms with Crippen molar-refractivity contribution in [1.82, 2.24) is 0 Å². The van der Waals surface area contributed by atoms with Gasteiger partial charge in [0.2, 0.25) is 0 Å². The molecule has 0 amide bonds. The van der Waals surface area contributed by atoms with Gasteiger partial charge >= 0.3 is 0 Å². The van der Waals surface area contributed by atoms with Gasteiger partial charge in [0.1, 0.15) is 5.82 Å². The van der Waals surface area contributed by atoms with E-state index in [0.717, 1.165) is 0 Å². The van der Waals surface area contributed by atoms with Gasteiger partial charge in [-0.1, -0.05) is 40.9 Å². The van der Waals surface area contributed by atoms with Crippen molar-refractivity contribution < 1.29 is 4.39 Å². The Labute approximate surface area is 137 Å². The molecule has 2 rings (SSSR count). The second kappa shape index (κ2) is 6.53. The van der Waals surface area contributed by atoms with Crippen LogP contribution < -0.4 is 5.32 Å². The number of hydrogen-bond donors (Lipinski definition) is 1. The zero-order valence-corrected chi connectivity index (χ0v) is 13.2. The lowest BCUT2D eigenvalue weighted by Gasteiger charge is -2.18. The van der Waals surface area contributed by atoms with Crippen LogP contribution in [0.2, 0.25) is 15.1 Å². The van der Waals surface area contributed by atoms with Crippen LogP contribution in [0.1, 0.15) is 24.1 Å². The van der Waals surface area contributed by atoms with E-state index in [1.807, 2.05) is 13.0 Å². The van der Waals surface area contributed by atoms with Gasteiger partial charge in [-0.15, -0.1) is 0 Å². The minimum atomic E-state index is -0.503. The van der Waals surface area contributed by atoms with Gasteiger partial charge in [-0.25, -0.2) is 4.39 Å². The predicted octanol–water partition coefficient (Wildman–Crippen LogP) is 5.83. The Kier molecular flexibility index (Phi) is 4.95. The van der Waals surface area contributed by atoms with Crippen LogP contribution >= 0.6 is 34.8 Å². The Morgan fingerprint density at radius 3 is 2.48 bits per heavy atom. The first-order valence-corrected chi connectivity index (χ1v) is 7.17. The Balaban J connectivity index is 2.29. The van der Waals surface area contributed by atoms with E-state index in [9.17, 15) is 4.39 Å². The summed E-state index contributed by atoms with van der Waals surface area (Å²) in [5.41, 5.74) is 1.25. The zero-order valence-electron chi connectivity index (χ0n) is 10.9. The van der Waals surface area contributed by atoms with E-state index in [0.29, 0.717) is 15.6 Å². The standard InChI is InChI=1S/C15H10Cl3FN2/c1-8(10-3-4-11(16)15(18)14(10)17)21-13-5-2-9(7-20)6-12(13)19/h2-6,8,21H,1H3. The van der Waals surface area contributed by atoms with Gasteiger partial charge in [-0.3, -0.25) is 0 Å². The van der Waals surface area contributed by atoms with Crippen LogP contribution in [0.25, 0.3) is 0 Å². The first-order chi connectivity index (χ1) is 9.93. The lowest BCUT2D eigenvalue weighted by Crippen LogP contribution is -2.09. The van der Waals surface area contributed by atoms with Crippen molar-refractivity contribution in [2.75, 3.05) is 5.32 Å². The molecule has 1 atom stereocenters. The van der Waals surface area contributed by atoms with E-state index >= 15 is 0 Å². The quantitative estimate of drug-likeness (QED) is 0.712. The average Bonchev–Trinajstić information content (AvgIpc) is 2.46. The van der Waals surface area contributed by atoms with Crippen molar-refractivity contribution in [3.8, 4) is 6.07 Å². The highest BCUT2D eigenvalue weighted by molar-refractivity contribution is 6.48. The Morgan fingerprint density at radius 1 is 1.14 bits per heavy atom. The molecule has 2 aromatic carbocycles. The van der Waals surface area contributed by atoms with Crippen LogP contribution in [0.5, 0.6) is 0 Å². The highest BCUT2D eigenvalue weighted by atomic mass is 35.5. The highest BCUT2D eigenvalue weighted by Gasteiger charge is 2.15. The van der Waals surface area contributed by atoms with Crippen LogP contribution in [0.3, 0.4) is 0 Å². The molecule has 0 heterocycles. The van der Waals surface area contributed by atoms with E-state index in [4.69, 9.17) is 40.1 Å². The third kappa shape index (κ3) is 3.41. The molecule has 6 heteroatoms. The second-order valence-electron chi connectivity index (χ2n) is 4.44. The first-order valence-electron chi connectivity index (χ1n) is 6.03. The number of nitriles is 1. The van der Waals surface area contributed by atoms with Crippen molar-refractivity contribution in [3.63, 3.8) is 0 Å². The largest absolute Gasteiger partial charge is 0.376 e. The molecule has 0 bridgehead atoms. The molecule has 21 heavy (non-hydrogen) atoms. The third-order valence-electron chi connectivity index (χ3n) is 3.00. The maximum Gasteiger partial charge on any atom is 0.147 e. The average molecular weight is 344 g/mol. The molecule has 0 aliphatic rings. The van der Waals surface area contributed by atoms with E-state index < -0.39 is 5.82 Å². The number of halogens is 4. The molecule has 0 saturated carbocycles. The van der Waals surface area contributed by atoms with Crippen LogP contribution in [0.15, 0.2) is 30.3 Å². The fourth-order valence-electron chi connectivity index (χ4n) is 1.89. The summed E-state index contributed by atoms with van der Waals surface area (Å²) in [6.45, 7) is 1.82. The van der Waals surface area contributed by atoms with E-state index in [1.54, 1.807) is 12.1 Å². The van der Waals surface area contributed by atoms with Gasteiger partial charge in [0, 0.05) is 0 Å². The summed E-state index contributed by atoms with van der Waals surface area (Å²) < 4.78 is 13.9. The van der Waals surface area contributed by atoms with Crippen molar-refractivity contribution in [3.05, 3.63) is 62.3 Å². The maximum atomic E-state index is 13.9. The van der Waals surface area contributed by atoms with Gasteiger partial charge in [-0.2, -0.15) is 5.26 Å². The first kappa shape index (κ1) is 15.9. The molecule has 0 aromatic heterocycles. The topological polar surface area (TPSA) is 35.8 Å². The fraction of sp³-hybridized carbons (Fsp3) is 0.133. The van der Waals surface area contributed by atoms with Gasteiger partial charge in [-0.05, 0) is 36.8 Å². The van der Waals surface area contributed by atoms with E-state index in [1.165, 1.54) is 18.2 Å². The summed E-state index contributed by atoms with van der Waals surface area (Å²) in [5.74, 6) is -0.503. The summed E-state index contributed by atoms with van der Waals surface area (Å²) in [5, 5.41) is 12.7. The summed E-state index contributed by atoms with van der Waals surface area (Å²) in [6, 6.07) is 9.19. The molecule has 0 aliphatic carbocycles. The van der Waals surface area contributed by atoms with Crippen molar-refractivity contribution in [2.24, 2.45) is 0 Å². The minimum absolute atomic E-state index is 0.262. The molecular formula is C15H10Cl3FN2. The van der Waals surface area contributed by atoms with Crippen LogP contribution in [-0.4, -0.2) is 0 Å². The number of anilines is 1. The second-order valence-corrected chi connectivity index (χ2v) is 5.60. The molecule has 1 unspecified atom stereocenters. The number of hydrogen-bond acceptors (Lipinski definition) is 2. The SMILES string of the molecule is CC(Nc1ccc(C#N)cc1F)c1ccc(Cl)c(Cl)c1Cl. The number of benzene rings is 2. The highest BCUT2D eigenvalue weighted by Crippen LogP contribution is 2.36. The molecule has 0 fully saturated rings. The molecule has 1 N–H and O–H groups in total. The lowest BCUT2D eigenvalue weighted by atomic mass is 10.1. The fourth-order valence-corrected chi connectivity index (χ4v) is 2.59. The lowest BCUT2D eigenvalue weighted by molar-refractivity contribution is 0.627. The molecular weight excluding hydrogens is 334 g/mol. The van der Waals surface area contributed by atoms with Gasteiger partial charge in [0.25, 0.3) is 0 Å². The minimum Gasteiger partial charge on any atom is -0.376 e. The van der Waals surface area contributed by atoms with Crippen LogP contribution in [-0.2, 0) is 0 Å². The summed E-state index contributed by atoms with van der Waals surface area (Å²) in [4.78, 5) is 0. The normalized spacial score (nSPS) is 11.8. The number of rotatable bonds is 3. The summed E-state index contributed by atoms with van der Waals surface area (Å²) in [6.07, 6.45) is 0. The van der Waals surface area contributed by atoms with E-state index in [2.05, 4.69) is 5.32 Å². The Hall–Kier alpha value is -1.47. The van der Waals surface area contributed by atoms with Gasteiger partial charge < -0.3 is 5.32 Å². The molecule has 108 valence electrons. The maximum absolute atomic E-state index is 13.9. The van der Waals surface area contributed by atoms with Crippen molar-refractivity contribution in [1.29, 1.82) is 5.26 Å². The molecule has 2 nitrogen and oxygen atoms in total. The van der Waals surface area contributed by atoms with Crippen LogP contribution in [0.4, 0.5) is 10.1 Å². The molecule has 0 aliphatic heterocycles. The number of nitrogens with one attached hydrogen (secondary N) is 1. The molecule has 0 saturated heterocycles. The summed E-state index contributed by atoms with van der Waals surface area (Å²) >= 11 is 18.0.